The first-order chi connectivity index (χ1) is 9.69. The zero-order valence-electron chi connectivity index (χ0n) is 12.3. The van der Waals surface area contributed by atoms with Crippen molar-refractivity contribution in [2.75, 3.05) is 6.54 Å². The standard InChI is InChI=1S/C17H25ClFN/c1-2-9-20-16-6-4-3-5-13(11-16)10-14-12-15(19)7-8-17(14)18/h7-8,12-13,16,20H,2-6,9-11H2,1H3. The lowest BCUT2D eigenvalue weighted by atomic mass is 9.91. The Morgan fingerprint density at radius 2 is 2.10 bits per heavy atom. The van der Waals surface area contributed by atoms with Crippen LogP contribution in [-0.2, 0) is 6.42 Å². The first kappa shape index (κ1) is 15.8. The van der Waals surface area contributed by atoms with Crippen molar-refractivity contribution in [1.29, 1.82) is 0 Å². The van der Waals surface area contributed by atoms with Crippen molar-refractivity contribution in [3.8, 4) is 0 Å². The van der Waals surface area contributed by atoms with E-state index in [0.29, 0.717) is 17.0 Å². The van der Waals surface area contributed by atoms with Gasteiger partial charge in [-0.25, -0.2) is 4.39 Å². The topological polar surface area (TPSA) is 12.0 Å². The van der Waals surface area contributed by atoms with Gasteiger partial charge in [0.2, 0.25) is 0 Å². The molecule has 1 aliphatic rings. The molecule has 3 heteroatoms. The maximum absolute atomic E-state index is 13.4. The average Bonchev–Trinajstić information content (AvgIpc) is 2.66. The number of halogens is 2. The third kappa shape index (κ3) is 4.75. The zero-order valence-corrected chi connectivity index (χ0v) is 13.1. The van der Waals surface area contributed by atoms with E-state index in [1.807, 2.05) is 0 Å². The lowest BCUT2D eigenvalue weighted by molar-refractivity contribution is 0.384. The molecule has 112 valence electrons. The first-order valence-electron chi connectivity index (χ1n) is 7.86. The molecule has 2 rings (SSSR count). The van der Waals surface area contributed by atoms with Gasteiger partial charge in [0.25, 0.3) is 0 Å². The molecule has 1 aliphatic carbocycles. The Bertz CT molecular complexity index is 421. The lowest BCUT2D eigenvalue weighted by Gasteiger charge is -2.21. The summed E-state index contributed by atoms with van der Waals surface area (Å²) in [4.78, 5) is 0. The molecule has 1 aromatic carbocycles. The molecule has 0 radical (unpaired) electrons. The first-order valence-corrected chi connectivity index (χ1v) is 8.24. The molecule has 2 atom stereocenters. The van der Waals surface area contributed by atoms with Crippen molar-refractivity contribution in [2.45, 2.75) is 57.9 Å². The Morgan fingerprint density at radius 3 is 2.90 bits per heavy atom. The summed E-state index contributed by atoms with van der Waals surface area (Å²) in [5.74, 6) is 0.435. The van der Waals surface area contributed by atoms with Gasteiger partial charge in [-0.05, 0) is 61.9 Å². The summed E-state index contributed by atoms with van der Waals surface area (Å²) in [5.41, 5.74) is 0.966. The van der Waals surface area contributed by atoms with Gasteiger partial charge in [0, 0.05) is 11.1 Å². The van der Waals surface area contributed by atoms with Gasteiger partial charge in [-0.15, -0.1) is 0 Å². The fraction of sp³-hybridized carbons (Fsp3) is 0.647. The third-order valence-corrected chi connectivity index (χ3v) is 4.60. The van der Waals surface area contributed by atoms with Gasteiger partial charge in [0.1, 0.15) is 5.82 Å². The number of hydrogen-bond acceptors (Lipinski definition) is 1. The molecule has 0 aliphatic heterocycles. The smallest absolute Gasteiger partial charge is 0.123 e. The van der Waals surface area contributed by atoms with Crippen LogP contribution in [0.4, 0.5) is 4.39 Å². The number of nitrogens with one attached hydrogen (secondary N) is 1. The average molecular weight is 298 g/mol. The largest absolute Gasteiger partial charge is 0.314 e. The lowest BCUT2D eigenvalue weighted by Crippen LogP contribution is -2.31. The molecule has 0 bridgehead atoms. The SMILES string of the molecule is CCCNC1CCCCC(Cc2cc(F)ccc2Cl)C1. The van der Waals surface area contributed by atoms with Crippen LogP contribution in [0.25, 0.3) is 0 Å². The summed E-state index contributed by atoms with van der Waals surface area (Å²) in [6.07, 6.45) is 8.35. The second-order valence-corrected chi connectivity index (χ2v) is 6.38. The van der Waals surface area contributed by atoms with E-state index in [-0.39, 0.29) is 5.82 Å². The summed E-state index contributed by atoms with van der Waals surface area (Å²) in [5, 5.41) is 4.35. The number of hydrogen-bond donors (Lipinski definition) is 1. The third-order valence-electron chi connectivity index (χ3n) is 4.23. The van der Waals surface area contributed by atoms with Crippen molar-refractivity contribution >= 4 is 11.6 Å². The van der Waals surface area contributed by atoms with Crippen LogP contribution in [0.15, 0.2) is 18.2 Å². The van der Waals surface area contributed by atoms with E-state index < -0.39 is 0 Å². The Morgan fingerprint density at radius 1 is 1.30 bits per heavy atom. The van der Waals surface area contributed by atoms with Crippen LogP contribution in [0.3, 0.4) is 0 Å². The van der Waals surface area contributed by atoms with Crippen molar-refractivity contribution in [1.82, 2.24) is 5.32 Å². The Kier molecular flexibility index (Phi) is 6.31. The van der Waals surface area contributed by atoms with Crippen LogP contribution in [0.5, 0.6) is 0 Å². The molecular weight excluding hydrogens is 273 g/mol. The Hall–Kier alpha value is -0.600. The maximum atomic E-state index is 13.4. The van der Waals surface area contributed by atoms with Crippen molar-refractivity contribution in [3.05, 3.63) is 34.6 Å². The normalized spacial score (nSPS) is 23.6. The Labute approximate surface area is 126 Å². The second kappa shape index (κ2) is 7.99. The minimum Gasteiger partial charge on any atom is -0.314 e. The highest BCUT2D eigenvalue weighted by molar-refractivity contribution is 6.31. The van der Waals surface area contributed by atoms with Crippen LogP contribution in [-0.4, -0.2) is 12.6 Å². The highest BCUT2D eigenvalue weighted by Gasteiger charge is 2.20. The van der Waals surface area contributed by atoms with E-state index in [1.54, 1.807) is 12.1 Å². The van der Waals surface area contributed by atoms with E-state index in [0.717, 1.165) is 18.5 Å². The monoisotopic (exact) mass is 297 g/mol. The van der Waals surface area contributed by atoms with Crippen molar-refractivity contribution < 1.29 is 4.39 Å². The molecule has 1 fully saturated rings. The predicted molar refractivity (Wildman–Crippen MR) is 83.8 cm³/mol. The van der Waals surface area contributed by atoms with Gasteiger partial charge in [-0.3, -0.25) is 0 Å². The summed E-state index contributed by atoms with van der Waals surface area (Å²) in [6, 6.07) is 5.33. The Balaban J connectivity index is 1.97. The fourth-order valence-electron chi connectivity index (χ4n) is 3.19. The van der Waals surface area contributed by atoms with Gasteiger partial charge < -0.3 is 5.32 Å². The molecule has 0 saturated heterocycles. The quantitative estimate of drug-likeness (QED) is 0.757. The molecule has 2 unspecified atom stereocenters. The summed E-state index contributed by atoms with van der Waals surface area (Å²) >= 11 is 6.19. The minimum atomic E-state index is -0.182. The molecule has 0 aromatic heterocycles. The fourth-order valence-corrected chi connectivity index (χ4v) is 3.39. The predicted octanol–water partition coefficient (Wildman–Crippen LogP) is 4.97. The molecule has 1 N–H and O–H groups in total. The van der Waals surface area contributed by atoms with E-state index >= 15 is 0 Å². The molecule has 0 spiro atoms. The molecule has 1 aromatic rings. The molecule has 0 amide bonds. The van der Waals surface area contributed by atoms with Gasteiger partial charge in [-0.1, -0.05) is 37.8 Å². The van der Waals surface area contributed by atoms with Gasteiger partial charge in [-0.2, -0.15) is 0 Å². The highest BCUT2D eigenvalue weighted by atomic mass is 35.5. The van der Waals surface area contributed by atoms with Crippen LogP contribution >= 0.6 is 11.6 Å². The molecule has 1 nitrogen and oxygen atoms in total. The molecular formula is C17H25ClFN. The minimum absolute atomic E-state index is 0.182. The zero-order chi connectivity index (χ0) is 14.4. The molecule has 1 saturated carbocycles. The van der Waals surface area contributed by atoms with E-state index in [4.69, 9.17) is 11.6 Å². The second-order valence-electron chi connectivity index (χ2n) is 5.98. The van der Waals surface area contributed by atoms with Crippen molar-refractivity contribution in [2.24, 2.45) is 5.92 Å². The number of rotatable bonds is 5. The van der Waals surface area contributed by atoms with Crippen LogP contribution in [0.1, 0.15) is 51.0 Å². The number of benzene rings is 1. The van der Waals surface area contributed by atoms with Crippen LogP contribution in [0.2, 0.25) is 5.02 Å². The molecule has 20 heavy (non-hydrogen) atoms. The molecule has 0 heterocycles. The van der Waals surface area contributed by atoms with Crippen molar-refractivity contribution in [3.63, 3.8) is 0 Å². The highest BCUT2D eigenvalue weighted by Crippen LogP contribution is 2.29. The van der Waals surface area contributed by atoms with Gasteiger partial charge in [0.05, 0.1) is 0 Å². The maximum Gasteiger partial charge on any atom is 0.123 e. The van der Waals surface area contributed by atoms with E-state index in [9.17, 15) is 4.39 Å². The summed E-state index contributed by atoms with van der Waals surface area (Å²) < 4.78 is 13.4. The summed E-state index contributed by atoms with van der Waals surface area (Å²) in [6.45, 7) is 3.30. The van der Waals surface area contributed by atoms with E-state index in [1.165, 1.54) is 44.6 Å². The van der Waals surface area contributed by atoms with Gasteiger partial charge >= 0.3 is 0 Å². The van der Waals surface area contributed by atoms with Crippen LogP contribution in [0, 0.1) is 11.7 Å². The van der Waals surface area contributed by atoms with Crippen LogP contribution < -0.4 is 5.32 Å². The summed E-state index contributed by atoms with van der Waals surface area (Å²) in [7, 11) is 0. The van der Waals surface area contributed by atoms with E-state index in [2.05, 4.69) is 12.2 Å². The van der Waals surface area contributed by atoms with Gasteiger partial charge in [0.15, 0.2) is 0 Å².